The van der Waals surface area contributed by atoms with Gasteiger partial charge in [-0.3, -0.25) is 10.1 Å². The monoisotopic (exact) mass is 277 g/mol. The summed E-state index contributed by atoms with van der Waals surface area (Å²) in [7, 11) is 0. The van der Waals surface area contributed by atoms with Gasteiger partial charge < -0.3 is 9.47 Å². The van der Waals surface area contributed by atoms with Crippen molar-refractivity contribution >= 4 is 17.6 Å². The number of hydrogen-bond acceptors (Lipinski definition) is 6. The van der Waals surface area contributed by atoms with Crippen molar-refractivity contribution in [3.8, 4) is 0 Å². The first-order chi connectivity index (χ1) is 9.56. The van der Waals surface area contributed by atoms with E-state index in [1.165, 1.54) is 30.3 Å². The van der Waals surface area contributed by atoms with Gasteiger partial charge in [-0.25, -0.2) is 9.59 Å². The zero-order valence-corrected chi connectivity index (χ0v) is 10.4. The van der Waals surface area contributed by atoms with Crippen LogP contribution in [0.2, 0.25) is 0 Å². The summed E-state index contributed by atoms with van der Waals surface area (Å²) >= 11 is 0. The van der Waals surface area contributed by atoms with Crippen LogP contribution in [0, 0.1) is 10.1 Å². The summed E-state index contributed by atoms with van der Waals surface area (Å²) in [4.78, 5) is 32.6. The Labute approximate surface area is 113 Å². The fourth-order valence-corrected chi connectivity index (χ4v) is 1.64. The zero-order chi connectivity index (χ0) is 14.5. The standard InChI is InChI=1S/C13H11NO6/c15-12-3-1-2-11(20-12)8-19-13(16)9-4-6-10(7-5-9)14(17)18/h1,3-7,11H,2,8H2/t11-/m1/s1. The first-order valence-electron chi connectivity index (χ1n) is 5.85. The molecule has 2 rings (SSSR count). The van der Waals surface area contributed by atoms with Crippen molar-refractivity contribution in [3.63, 3.8) is 0 Å². The molecule has 0 spiro atoms. The summed E-state index contributed by atoms with van der Waals surface area (Å²) in [6, 6.07) is 5.07. The van der Waals surface area contributed by atoms with Crippen LogP contribution in [-0.2, 0) is 14.3 Å². The van der Waals surface area contributed by atoms with Gasteiger partial charge in [0.05, 0.1) is 10.5 Å². The number of nitro groups is 1. The van der Waals surface area contributed by atoms with E-state index in [-0.39, 0.29) is 17.9 Å². The van der Waals surface area contributed by atoms with Crippen LogP contribution in [0.15, 0.2) is 36.4 Å². The van der Waals surface area contributed by atoms with Crippen LogP contribution in [0.5, 0.6) is 0 Å². The van der Waals surface area contributed by atoms with E-state index in [0.29, 0.717) is 6.42 Å². The van der Waals surface area contributed by atoms with Crippen molar-refractivity contribution < 1.29 is 24.0 Å². The Morgan fingerprint density at radius 1 is 1.40 bits per heavy atom. The number of carbonyl (C=O) groups is 2. The topological polar surface area (TPSA) is 95.7 Å². The number of nitro benzene ring substituents is 1. The second-order valence-corrected chi connectivity index (χ2v) is 4.10. The molecule has 20 heavy (non-hydrogen) atoms. The van der Waals surface area contributed by atoms with E-state index in [1.54, 1.807) is 6.08 Å². The van der Waals surface area contributed by atoms with E-state index >= 15 is 0 Å². The normalized spacial score (nSPS) is 17.4. The van der Waals surface area contributed by atoms with Gasteiger partial charge in [0.2, 0.25) is 0 Å². The van der Waals surface area contributed by atoms with Gasteiger partial charge >= 0.3 is 11.9 Å². The van der Waals surface area contributed by atoms with Gasteiger partial charge in [0.1, 0.15) is 12.7 Å². The quantitative estimate of drug-likeness (QED) is 0.471. The Kier molecular flexibility index (Phi) is 4.09. The zero-order valence-electron chi connectivity index (χ0n) is 10.4. The minimum Gasteiger partial charge on any atom is -0.458 e. The highest BCUT2D eigenvalue weighted by atomic mass is 16.6. The Morgan fingerprint density at radius 3 is 2.70 bits per heavy atom. The molecule has 1 atom stereocenters. The minimum absolute atomic E-state index is 0.0497. The molecule has 0 aliphatic carbocycles. The van der Waals surface area contributed by atoms with Crippen molar-refractivity contribution in [1.82, 2.24) is 0 Å². The molecule has 0 unspecified atom stereocenters. The van der Waals surface area contributed by atoms with E-state index < -0.39 is 23.0 Å². The summed E-state index contributed by atoms with van der Waals surface area (Å²) in [6.45, 7) is -0.0497. The van der Waals surface area contributed by atoms with Crippen molar-refractivity contribution in [2.24, 2.45) is 0 Å². The van der Waals surface area contributed by atoms with Crippen molar-refractivity contribution in [2.45, 2.75) is 12.5 Å². The number of nitrogens with zero attached hydrogens (tertiary/aromatic N) is 1. The van der Waals surface area contributed by atoms with Crippen LogP contribution in [0.4, 0.5) is 5.69 Å². The van der Waals surface area contributed by atoms with Gasteiger partial charge in [-0.1, -0.05) is 6.08 Å². The SMILES string of the molecule is O=C1C=CC[C@H](COC(=O)c2ccc([N+](=O)[O-])cc2)O1. The molecule has 0 saturated heterocycles. The number of esters is 2. The van der Waals surface area contributed by atoms with E-state index in [9.17, 15) is 19.7 Å². The molecule has 0 N–H and O–H groups in total. The van der Waals surface area contributed by atoms with Crippen LogP contribution in [0.25, 0.3) is 0 Å². The highest BCUT2D eigenvalue weighted by molar-refractivity contribution is 5.89. The van der Waals surface area contributed by atoms with Gasteiger partial charge in [0.15, 0.2) is 0 Å². The van der Waals surface area contributed by atoms with Crippen LogP contribution in [-0.4, -0.2) is 29.6 Å². The molecule has 7 heteroatoms. The summed E-state index contributed by atoms with van der Waals surface area (Å²) in [5.41, 5.74) is 0.0983. The van der Waals surface area contributed by atoms with Gasteiger partial charge in [-0.15, -0.1) is 0 Å². The molecule has 1 aliphatic heterocycles. The maximum Gasteiger partial charge on any atom is 0.338 e. The fourth-order valence-electron chi connectivity index (χ4n) is 1.64. The smallest absolute Gasteiger partial charge is 0.338 e. The first-order valence-corrected chi connectivity index (χ1v) is 5.85. The molecule has 0 fully saturated rings. The Bertz CT molecular complexity index is 563. The minimum atomic E-state index is -0.620. The first kappa shape index (κ1) is 13.7. The van der Waals surface area contributed by atoms with E-state index in [4.69, 9.17) is 9.47 Å². The van der Waals surface area contributed by atoms with Gasteiger partial charge in [-0.2, -0.15) is 0 Å². The van der Waals surface area contributed by atoms with Crippen LogP contribution in [0.1, 0.15) is 16.8 Å². The molecular weight excluding hydrogens is 266 g/mol. The average Bonchev–Trinajstić information content (AvgIpc) is 2.45. The number of hydrogen-bond donors (Lipinski definition) is 0. The lowest BCUT2D eigenvalue weighted by molar-refractivity contribution is -0.384. The van der Waals surface area contributed by atoms with Crippen LogP contribution >= 0.6 is 0 Å². The lowest BCUT2D eigenvalue weighted by Crippen LogP contribution is -2.26. The van der Waals surface area contributed by atoms with Gasteiger partial charge in [-0.05, 0) is 12.1 Å². The molecule has 1 aromatic rings. The van der Waals surface area contributed by atoms with Crippen molar-refractivity contribution in [1.29, 1.82) is 0 Å². The lowest BCUT2D eigenvalue weighted by Gasteiger charge is -2.18. The molecule has 1 aliphatic rings. The number of rotatable bonds is 4. The number of ether oxygens (including phenoxy) is 2. The summed E-state index contributed by atoms with van der Waals surface area (Å²) < 4.78 is 9.93. The number of cyclic esters (lactones) is 1. The molecule has 0 bridgehead atoms. The highest BCUT2D eigenvalue weighted by Crippen LogP contribution is 2.14. The number of benzene rings is 1. The molecule has 1 aromatic carbocycles. The summed E-state index contributed by atoms with van der Waals surface area (Å²) in [6.07, 6.45) is 2.96. The number of non-ortho nitro benzene ring substituents is 1. The second kappa shape index (κ2) is 5.96. The van der Waals surface area contributed by atoms with E-state index in [1.807, 2.05) is 0 Å². The largest absolute Gasteiger partial charge is 0.458 e. The summed E-state index contributed by atoms with van der Waals surface area (Å²) in [5, 5.41) is 10.5. The molecule has 0 aromatic heterocycles. The third-order valence-corrected chi connectivity index (χ3v) is 2.65. The Morgan fingerprint density at radius 2 is 2.10 bits per heavy atom. The van der Waals surface area contributed by atoms with Crippen LogP contribution < -0.4 is 0 Å². The fraction of sp³-hybridized carbons (Fsp3) is 0.231. The van der Waals surface area contributed by atoms with Crippen molar-refractivity contribution in [2.75, 3.05) is 6.61 Å². The molecule has 1 heterocycles. The van der Waals surface area contributed by atoms with E-state index in [0.717, 1.165) is 0 Å². The third-order valence-electron chi connectivity index (χ3n) is 2.65. The molecule has 7 nitrogen and oxygen atoms in total. The maximum absolute atomic E-state index is 11.7. The third kappa shape index (κ3) is 3.41. The molecular formula is C13H11NO6. The predicted octanol–water partition coefficient (Wildman–Crippen LogP) is 1.62. The van der Waals surface area contributed by atoms with Gasteiger partial charge in [0.25, 0.3) is 5.69 Å². The lowest BCUT2D eigenvalue weighted by atomic mass is 10.2. The van der Waals surface area contributed by atoms with E-state index in [2.05, 4.69) is 0 Å². The molecule has 0 saturated carbocycles. The van der Waals surface area contributed by atoms with Crippen molar-refractivity contribution in [3.05, 3.63) is 52.1 Å². The molecule has 104 valence electrons. The molecule has 0 amide bonds. The summed E-state index contributed by atoms with van der Waals surface area (Å²) in [5.74, 6) is -1.09. The Balaban J connectivity index is 1.90. The average molecular weight is 277 g/mol. The predicted molar refractivity (Wildman–Crippen MR) is 67.0 cm³/mol. The number of carbonyl (C=O) groups excluding carboxylic acids is 2. The highest BCUT2D eigenvalue weighted by Gasteiger charge is 2.18. The van der Waals surface area contributed by atoms with Crippen LogP contribution in [0.3, 0.4) is 0 Å². The maximum atomic E-state index is 11.7. The second-order valence-electron chi connectivity index (χ2n) is 4.10. The molecule has 0 radical (unpaired) electrons. The van der Waals surface area contributed by atoms with Gasteiger partial charge in [0, 0.05) is 24.6 Å². The Hall–Kier alpha value is -2.70.